The monoisotopic (exact) mass is 498 g/mol. The van der Waals surface area contributed by atoms with Crippen molar-refractivity contribution in [2.24, 2.45) is 0 Å². The standard InChI is InChI=1S/C26H21F3N2O5/c1-15(2)35-19-10-8-16(9-11-19)23(32)21-22(17-5-4-12-30-14-17)31(25(34)24(21)33)18-6-3-7-20(13-18)36-26(27,28)29/h3-15,22,32H,1-2H3/b23-21+. The van der Waals surface area contributed by atoms with Crippen molar-refractivity contribution >= 4 is 23.1 Å². The van der Waals surface area contributed by atoms with E-state index >= 15 is 0 Å². The predicted octanol–water partition coefficient (Wildman–Crippen LogP) is 5.39. The molecule has 0 bridgehead atoms. The van der Waals surface area contributed by atoms with Gasteiger partial charge in [0.15, 0.2) is 0 Å². The number of hydrogen-bond donors (Lipinski definition) is 1. The first-order valence-corrected chi connectivity index (χ1v) is 10.9. The topological polar surface area (TPSA) is 89.0 Å². The van der Waals surface area contributed by atoms with Gasteiger partial charge in [0, 0.05) is 29.7 Å². The van der Waals surface area contributed by atoms with Crippen LogP contribution in [-0.4, -0.2) is 34.2 Å². The number of ether oxygens (including phenoxy) is 2. The molecule has 1 amide bonds. The van der Waals surface area contributed by atoms with Gasteiger partial charge in [-0.15, -0.1) is 13.2 Å². The van der Waals surface area contributed by atoms with Gasteiger partial charge in [-0.25, -0.2) is 0 Å². The summed E-state index contributed by atoms with van der Waals surface area (Å²) in [6.07, 6.45) is -2.12. The molecule has 36 heavy (non-hydrogen) atoms. The summed E-state index contributed by atoms with van der Waals surface area (Å²) in [6, 6.07) is 13.1. The average Bonchev–Trinajstić information content (AvgIpc) is 3.09. The van der Waals surface area contributed by atoms with Gasteiger partial charge in [0.25, 0.3) is 11.7 Å². The number of rotatable bonds is 6. The Balaban J connectivity index is 1.83. The molecular formula is C26H21F3N2O5. The summed E-state index contributed by atoms with van der Waals surface area (Å²) >= 11 is 0. The van der Waals surface area contributed by atoms with Crippen LogP contribution >= 0.6 is 0 Å². The average molecular weight is 498 g/mol. The van der Waals surface area contributed by atoms with E-state index in [4.69, 9.17) is 4.74 Å². The first kappa shape index (κ1) is 24.8. The Morgan fingerprint density at radius 1 is 1.03 bits per heavy atom. The Hall–Kier alpha value is -4.34. The fourth-order valence-electron chi connectivity index (χ4n) is 3.90. The number of aromatic nitrogens is 1. The first-order valence-electron chi connectivity index (χ1n) is 10.9. The maximum absolute atomic E-state index is 13.1. The van der Waals surface area contributed by atoms with Gasteiger partial charge in [-0.3, -0.25) is 19.5 Å². The predicted molar refractivity (Wildman–Crippen MR) is 124 cm³/mol. The minimum Gasteiger partial charge on any atom is -0.507 e. The molecule has 0 spiro atoms. The number of benzene rings is 2. The van der Waals surface area contributed by atoms with Crippen molar-refractivity contribution in [2.75, 3.05) is 4.90 Å². The smallest absolute Gasteiger partial charge is 0.507 e. The maximum atomic E-state index is 13.1. The van der Waals surface area contributed by atoms with Crippen LogP contribution in [0.25, 0.3) is 5.76 Å². The van der Waals surface area contributed by atoms with Crippen LogP contribution in [0.5, 0.6) is 11.5 Å². The Bertz CT molecular complexity index is 1310. The normalized spacial score (nSPS) is 17.5. The quantitative estimate of drug-likeness (QED) is 0.278. The zero-order valence-electron chi connectivity index (χ0n) is 19.2. The molecule has 1 saturated heterocycles. The number of halogens is 3. The molecule has 1 atom stereocenters. The van der Waals surface area contributed by atoms with E-state index < -0.39 is 35.6 Å². The molecule has 2 heterocycles. The number of pyridine rings is 1. The molecule has 10 heteroatoms. The molecule has 1 aliphatic heterocycles. The van der Waals surface area contributed by atoms with Crippen LogP contribution in [0.4, 0.5) is 18.9 Å². The summed E-state index contributed by atoms with van der Waals surface area (Å²) < 4.78 is 47.9. The molecule has 2 aromatic carbocycles. The summed E-state index contributed by atoms with van der Waals surface area (Å²) in [5.41, 5.74) is 0.382. The lowest BCUT2D eigenvalue weighted by Crippen LogP contribution is -2.29. The zero-order valence-corrected chi connectivity index (χ0v) is 19.2. The van der Waals surface area contributed by atoms with Gasteiger partial charge in [-0.2, -0.15) is 0 Å². The van der Waals surface area contributed by atoms with E-state index in [1.54, 1.807) is 36.4 Å². The van der Waals surface area contributed by atoms with Crippen molar-refractivity contribution in [3.05, 3.63) is 89.8 Å². The van der Waals surface area contributed by atoms with Crippen LogP contribution in [-0.2, 0) is 9.59 Å². The Kier molecular flexibility index (Phi) is 6.69. The molecule has 1 aromatic heterocycles. The highest BCUT2D eigenvalue weighted by atomic mass is 19.4. The van der Waals surface area contributed by atoms with Gasteiger partial charge in [-0.1, -0.05) is 12.1 Å². The van der Waals surface area contributed by atoms with Crippen LogP contribution in [0.15, 0.2) is 78.6 Å². The van der Waals surface area contributed by atoms with Crippen molar-refractivity contribution in [3.8, 4) is 11.5 Å². The molecule has 186 valence electrons. The minimum absolute atomic E-state index is 0.0209. The molecule has 3 aromatic rings. The maximum Gasteiger partial charge on any atom is 0.573 e. The molecule has 0 aliphatic carbocycles. The first-order chi connectivity index (χ1) is 17.0. The molecular weight excluding hydrogens is 477 g/mol. The summed E-state index contributed by atoms with van der Waals surface area (Å²) in [4.78, 5) is 31.3. The number of Topliss-reactive ketones (excluding diaryl/α,β-unsaturated/α-hetero) is 1. The van der Waals surface area contributed by atoms with Crippen LogP contribution < -0.4 is 14.4 Å². The molecule has 0 saturated carbocycles. The lowest BCUT2D eigenvalue weighted by Gasteiger charge is -2.25. The SMILES string of the molecule is CC(C)Oc1ccc(/C(O)=C2\C(=O)C(=O)N(c3cccc(OC(F)(F)F)c3)C2c2cccnc2)cc1. The van der Waals surface area contributed by atoms with E-state index in [1.165, 1.54) is 24.5 Å². The van der Waals surface area contributed by atoms with Crippen LogP contribution in [0.3, 0.4) is 0 Å². The lowest BCUT2D eigenvalue weighted by molar-refractivity contribution is -0.274. The van der Waals surface area contributed by atoms with Gasteiger partial charge < -0.3 is 14.6 Å². The number of anilines is 1. The molecule has 1 aliphatic rings. The highest BCUT2D eigenvalue weighted by Crippen LogP contribution is 2.43. The second kappa shape index (κ2) is 9.73. The number of aliphatic hydroxyl groups is 1. The molecule has 1 unspecified atom stereocenters. The lowest BCUT2D eigenvalue weighted by atomic mass is 9.96. The Morgan fingerprint density at radius 2 is 1.75 bits per heavy atom. The van der Waals surface area contributed by atoms with Crippen LogP contribution in [0, 0.1) is 0 Å². The third-order valence-corrected chi connectivity index (χ3v) is 5.27. The summed E-state index contributed by atoms with van der Waals surface area (Å²) in [5.74, 6) is -2.47. The van der Waals surface area contributed by atoms with Gasteiger partial charge in [0.1, 0.15) is 17.3 Å². The fraction of sp³-hybridized carbons (Fsp3) is 0.192. The number of carbonyl (C=O) groups is 2. The second-order valence-electron chi connectivity index (χ2n) is 8.19. The van der Waals surface area contributed by atoms with Gasteiger partial charge >= 0.3 is 6.36 Å². The molecule has 1 fully saturated rings. The minimum atomic E-state index is -4.94. The van der Waals surface area contributed by atoms with E-state index in [1.807, 2.05) is 13.8 Å². The number of amides is 1. The van der Waals surface area contributed by atoms with Crippen molar-refractivity contribution < 1.29 is 37.3 Å². The summed E-state index contributed by atoms with van der Waals surface area (Å²) in [5, 5.41) is 11.1. The number of aliphatic hydroxyl groups excluding tert-OH is 1. The molecule has 1 N–H and O–H groups in total. The van der Waals surface area contributed by atoms with E-state index in [0.717, 1.165) is 17.0 Å². The second-order valence-corrected chi connectivity index (χ2v) is 8.19. The fourth-order valence-corrected chi connectivity index (χ4v) is 3.90. The zero-order chi connectivity index (χ0) is 26.0. The number of carbonyl (C=O) groups excluding carboxylic acids is 2. The van der Waals surface area contributed by atoms with E-state index in [2.05, 4.69) is 9.72 Å². The van der Waals surface area contributed by atoms with Crippen LogP contribution in [0.1, 0.15) is 31.0 Å². The summed E-state index contributed by atoms with van der Waals surface area (Å²) in [6.45, 7) is 3.72. The Morgan fingerprint density at radius 3 is 2.36 bits per heavy atom. The molecule has 0 radical (unpaired) electrons. The van der Waals surface area contributed by atoms with Crippen molar-refractivity contribution in [2.45, 2.75) is 32.4 Å². The van der Waals surface area contributed by atoms with E-state index in [0.29, 0.717) is 11.3 Å². The third-order valence-electron chi connectivity index (χ3n) is 5.27. The third kappa shape index (κ3) is 5.17. The highest BCUT2D eigenvalue weighted by Gasteiger charge is 2.47. The van der Waals surface area contributed by atoms with Gasteiger partial charge in [0.2, 0.25) is 0 Å². The highest BCUT2D eigenvalue weighted by molar-refractivity contribution is 6.51. The number of alkyl halides is 3. The van der Waals surface area contributed by atoms with E-state index in [9.17, 15) is 27.9 Å². The van der Waals surface area contributed by atoms with Gasteiger partial charge in [0.05, 0.1) is 17.7 Å². The largest absolute Gasteiger partial charge is 0.573 e. The van der Waals surface area contributed by atoms with Crippen LogP contribution in [0.2, 0.25) is 0 Å². The summed E-state index contributed by atoms with van der Waals surface area (Å²) in [7, 11) is 0. The van der Waals surface area contributed by atoms with Gasteiger partial charge in [-0.05, 0) is 61.9 Å². The van der Waals surface area contributed by atoms with Crippen molar-refractivity contribution in [1.82, 2.24) is 4.98 Å². The number of nitrogens with zero attached hydrogens (tertiary/aromatic N) is 2. The molecule has 7 nitrogen and oxygen atoms in total. The molecule has 4 rings (SSSR count). The number of ketones is 1. The van der Waals surface area contributed by atoms with E-state index in [-0.39, 0.29) is 22.9 Å². The Labute approximate surface area is 204 Å². The van der Waals surface area contributed by atoms with Crippen molar-refractivity contribution in [1.29, 1.82) is 0 Å². The van der Waals surface area contributed by atoms with Crippen molar-refractivity contribution in [3.63, 3.8) is 0 Å². The number of hydrogen-bond acceptors (Lipinski definition) is 6.